The molecule has 0 spiro atoms. The minimum absolute atomic E-state index is 0.0811. The van der Waals surface area contributed by atoms with Gasteiger partial charge in [0.2, 0.25) is 0 Å². The third-order valence-electron chi connectivity index (χ3n) is 6.26. The van der Waals surface area contributed by atoms with Gasteiger partial charge in [-0.1, -0.05) is 101 Å². The third-order valence-corrected chi connectivity index (χ3v) is 7.57. The smallest absolute Gasteiger partial charge is 0.334 e. The van der Waals surface area contributed by atoms with Gasteiger partial charge < -0.3 is 15.3 Å². The van der Waals surface area contributed by atoms with E-state index in [4.69, 9.17) is 5.11 Å². The highest BCUT2D eigenvalue weighted by atomic mass is 32.2. The van der Waals surface area contributed by atoms with E-state index in [0.29, 0.717) is 0 Å². The fourth-order valence-electron chi connectivity index (χ4n) is 4.32. The Bertz CT molecular complexity index is 897. The molecule has 3 N–H and O–H groups in total. The number of carboxylic acids is 2. The van der Waals surface area contributed by atoms with Gasteiger partial charge >= 0.3 is 11.9 Å². The molecule has 2 aromatic rings. The highest BCUT2D eigenvalue weighted by Crippen LogP contribution is 2.37. The first-order valence-electron chi connectivity index (χ1n) is 12.7. The van der Waals surface area contributed by atoms with Crippen LogP contribution in [0.4, 0.5) is 0 Å². The van der Waals surface area contributed by atoms with Crippen molar-refractivity contribution in [2.24, 2.45) is 0 Å². The van der Waals surface area contributed by atoms with E-state index in [1.54, 1.807) is 0 Å². The molecule has 2 rings (SSSR count). The van der Waals surface area contributed by atoms with Crippen molar-refractivity contribution in [3.8, 4) is 0 Å². The molecule has 188 valence electrons. The van der Waals surface area contributed by atoms with Gasteiger partial charge in [0.1, 0.15) is 0 Å². The number of hydrogen-bond acceptors (Lipinski definition) is 4. The summed E-state index contributed by atoms with van der Waals surface area (Å²) in [4.78, 5) is 22.5. The van der Waals surface area contributed by atoms with Crippen LogP contribution in [-0.2, 0) is 16.0 Å². The number of fused-ring (bicyclic) bond motifs is 1. The zero-order chi connectivity index (χ0) is 24.8. The molecule has 0 fully saturated rings. The Morgan fingerprint density at radius 1 is 0.882 bits per heavy atom. The van der Waals surface area contributed by atoms with Crippen molar-refractivity contribution in [1.29, 1.82) is 0 Å². The van der Waals surface area contributed by atoms with Crippen LogP contribution in [-0.4, -0.2) is 39.1 Å². The second kappa shape index (κ2) is 15.8. The Balaban J connectivity index is 1.99. The van der Waals surface area contributed by atoms with Gasteiger partial charge in [0.15, 0.2) is 6.10 Å². The number of unbranched alkanes of at least 4 members (excludes halogenated alkanes) is 9. The number of aryl methyl sites for hydroxylation is 1. The normalized spacial score (nSPS) is 13.1. The van der Waals surface area contributed by atoms with Crippen LogP contribution in [0, 0.1) is 0 Å². The first-order valence-corrected chi connectivity index (χ1v) is 13.7. The van der Waals surface area contributed by atoms with E-state index in [1.807, 2.05) is 18.2 Å². The average molecular weight is 489 g/mol. The lowest BCUT2D eigenvalue weighted by Gasteiger charge is -2.22. The summed E-state index contributed by atoms with van der Waals surface area (Å²) in [5, 5.41) is 29.9. The molecule has 0 saturated heterocycles. The van der Waals surface area contributed by atoms with Crippen molar-refractivity contribution in [3.63, 3.8) is 0 Å². The van der Waals surface area contributed by atoms with Crippen molar-refractivity contribution in [2.45, 2.75) is 95.3 Å². The van der Waals surface area contributed by atoms with Crippen LogP contribution in [0.1, 0.15) is 93.9 Å². The summed E-state index contributed by atoms with van der Waals surface area (Å²) < 4.78 is 0. The summed E-state index contributed by atoms with van der Waals surface area (Å²) in [5.41, 5.74) is 1.95. The van der Waals surface area contributed by atoms with Gasteiger partial charge in [-0.05, 0) is 34.7 Å². The summed E-state index contributed by atoms with van der Waals surface area (Å²) in [6.45, 7) is 2.25. The van der Waals surface area contributed by atoms with Crippen LogP contribution in [0.15, 0.2) is 36.4 Å². The lowest BCUT2D eigenvalue weighted by molar-refractivity contribution is -0.146. The minimum atomic E-state index is -1.60. The molecule has 0 bridgehead atoms. The van der Waals surface area contributed by atoms with Crippen LogP contribution in [0.2, 0.25) is 0 Å². The van der Waals surface area contributed by atoms with Gasteiger partial charge in [-0.15, -0.1) is 11.8 Å². The zero-order valence-corrected chi connectivity index (χ0v) is 21.2. The number of rotatable bonds is 18. The largest absolute Gasteiger partial charge is 0.481 e. The second-order valence-electron chi connectivity index (χ2n) is 9.05. The standard InChI is InChI=1S/C28H40O5S/c1-2-3-4-5-6-7-8-9-10-11-13-21-16-17-22-14-12-15-23(24(22)20-21)27(26(31)28(32)33)34-19-18-25(29)30/h12,14-17,20,26-27,31H,2-11,13,18-19H2,1H3,(H,29,30)(H,32,33). The summed E-state index contributed by atoms with van der Waals surface area (Å²) in [5.74, 6) is -2.00. The second-order valence-corrected chi connectivity index (χ2v) is 10.3. The Morgan fingerprint density at radius 2 is 1.53 bits per heavy atom. The number of hydrogen-bond donors (Lipinski definition) is 3. The molecule has 0 amide bonds. The van der Waals surface area contributed by atoms with Crippen LogP contribution < -0.4 is 0 Å². The maximum atomic E-state index is 11.5. The third kappa shape index (κ3) is 9.67. The topological polar surface area (TPSA) is 94.8 Å². The van der Waals surface area contributed by atoms with Crippen molar-refractivity contribution < 1.29 is 24.9 Å². The highest BCUT2D eigenvalue weighted by molar-refractivity contribution is 7.99. The first kappa shape index (κ1) is 28.2. The van der Waals surface area contributed by atoms with Gasteiger partial charge in [-0.25, -0.2) is 4.79 Å². The lowest BCUT2D eigenvalue weighted by Crippen LogP contribution is -2.26. The lowest BCUT2D eigenvalue weighted by atomic mass is 9.96. The van der Waals surface area contributed by atoms with E-state index in [0.717, 1.165) is 29.2 Å². The Hall–Kier alpha value is -2.05. The number of carbonyl (C=O) groups is 2. The Labute approximate surface area is 208 Å². The molecule has 0 aliphatic rings. The Morgan fingerprint density at radius 3 is 2.15 bits per heavy atom. The summed E-state index contributed by atoms with van der Waals surface area (Å²) in [7, 11) is 0. The Kier molecular flexibility index (Phi) is 13.1. The molecule has 34 heavy (non-hydrogen) atoms. The first-order chi connectivity index (χ1) is 16.4. The van der Waals surface area contributed by atoms with E-state index < -0.39 is 23.3 Å². The summed E-state index contributed by atoms with van der Waals surface area (Å²) in [6.07, 6.45) is 12.2. The van der Waals surface area contributed by atoms with E-state index in [1.165, 1.54) is 75.1 Å². The number of aliphatic carboxylic acids is 2. The molecular formula is C28H40O5S. The van der Waals surface area contributed by atoms with Gasteiger partial charge in [0, 0.05) is 5.75 Å². The minimum Gasteiger partial charge on any atom is -0.481 e. The molecule has 2 unspecified atom stereocenters. The van der Waals surface area contributed by atoms with E-state index in [2.05, 4.69) is 25.1 Å². The molecule has 6 heteroatoms. The summed E-state index contributed by atoms with van der Waals surface area (Å²) in [6, 6.07) is 12.0. The van der Waals surface area contributed by atoms with Crippen LogP contribution in [0.5, 0.6) is 0 Å². The average Bonchev–Trinajstić information content (AvgIpc) is 2.82. The zero-order valence-electron chi connectivity index (χ0n) is 20.4. The fraction of sp³-hybridized carbons (Fsp3) is 0.571. The monoisotopic (exact) mass is 488 g/mol. The van der Waals surface area contributed by atoms with Gasteiger partial charge in [0.25, 0.3) is 0 Å². The number of thioether (sulfide) groups is 1. The van der Waals surface area contributed by atoms with Crippen LogP contribution >= 0.6 is 11.8 Å². The van der Waals surface area contributed by atoms with Gasteiger partial charge in [-0.2, -0.15) is 0 Å². The SMILES string of the molecule is CCCCCCCCCCCCc1ccc2cccc(C(SCCC(=O)O)C(O)C(=O)O)c2c1. The van der Waals surface area contributed by atoms with Crippen molar-refractivity contribution >= 4 is 34.5 Å². The van der Waals surface area contributed by atoms with Gasteiger partial charge in [-0.3, -0.25) is 4.79 Å². The van der Waals surface area contributed by atoms with Crippen LogP contribution in [0.25, 0.3) is 10.8 Å². The quantitative estimate of drug-likeness (QED) is 0.196. The van der Waals surface area contributed by atoms with Crippen LogP contribution in [0.3, 0.4) is 0 Å². The van der Waals surface area contributed by atoms with Crippen molar-refractivity contribution in [3.05, 3.63) is 47.5 Å². The van der Waals surface area contributed by atoms with E-state index >= 15 is 0 Å². The van der Waals surface area contributed by atoms with Crippen molar-refractivity contribution in [2.75, 3.05) is 5.75 Å². The summed E-state index contributed by atoms with van der Waals surface area (Å²) >= 11 is 1.18. The molecule has 5 nitrogen and oxygen atoms in total. The van der Waals surface area contributed by atoms with Crippen molar-refractivity contribution in [1.82, 2.24) is 0 Å². The molecule has 2 atom stereocenters. The fourth-order valence-corrected chi connectivity index (χ4v) is 5.55. The maximum Gasteiger partial charge on any atom is 0.334 e. The molecule has 0 saturated carbocycles. The number of aliphatic hydroxyl groups is 1. The predicted molar refractivity (Wildman–Crippen MR) is 141 cm³/mol. The van der Waals surface area contributed by atoms with Gasteiger partial charge in [0.05, 0.1) is 11.7 Å². The molecule has 0 aromatic heterocycles. The number of benzene rings is 2. The number of aliphatic hydroxyl groups excluding tert-OH is 1. The molecule has 0 heterocycles. The van der Waals surface area contributed by atoms with E-state index in [-0.39, 0.29) is 12.2 Å². The predicted octanol–water partition coefficient (Wildman–Crippen LogP) is 7.00. The molecule has 0 radical (unpaired) electrons. The molecule has 0 aliphatic carbocycles. The molecule has 0 aliphatic heterocycles. The molecular weight excluding hydrogens is 448 g/mol. The number of carboxylic acid groups (broad SMARTS) is 2. The maximum absolute atomic E-state index is 11.5. The van der Waals surface area contributed by atoms with E-state index in [9.17, 15) is 19.8 Å². The molecule has 2 aromatic carbocycles. The highest BCUT2D eigenvalue weighted by Gasteiger charge is 2.29.